The van der Waals surface area contributed by atoms with Crippen LogP contribution < -0.4 is 0 Å². The van der Waals surface area contributed by atoms with E-state index in [1.165, 1.54) is 12.7 Å². The minimum Gasteiger partial charge on any atom is -0.469 e. The lowest BCUT2D eigenvalue weighted by atomic mass is 10.1. The summed E-state index contributed by atoms with van der Waals surface area (Å²) >= 11 is 0. The van der Waals surface area contributed by atoms with Crippen LogP contribution in [0.25, 0.3) is 0 Å². The molecule has 1 heterocycles. The van der Waals surface area contributed by atoms with Crippen molar-refractivity contribution < 1.29 is 14.1 Å². The van der Waals surface area contributed by atoms with Crippen LogP contribution in [0.15, 0.2) is 47.2 Å². The molecule has 0 saturated heterocycles. The minimum absolute atomic E-state index is 0.189. The average molecular weight is 288 g/mol. The third kappa shape index (κ3) is 4.72. The number of methoxy groups -OCH3 is 1. The van der Waals surface area contributed by atoms with E-state index in [2.05, 4.69) is 22.2 Å². The number of carbonyl (C=O) groups excluding carboxylic acids is 1. The smallest absolute Gasteiger partial charge is 0.309 e. The van der Waals surface area contributed by atoms with Gasteiger partial charge in [-0.3, -0.25) is 9.69 Å². The maximum atomic E-state index is 11.6. The van der Waals surface area contributed by atoms with E-state index in [0.29, 0.717) is 13.1 Å². The molecule has 1 aromatic heterocycles. The summed E-state index contributed by atoms with van der Waals surface area (Å²) in [6.07, 6.45) is 1.56. The van der Waals surface area contributed by atoms with Crippen molar-refractivity contribution in [1.82, 2.24) is 10.1 Å². The number of hydrogen-bond acceptors (Lipinski definition) is 5. The summed E-state index contributed by atoms with van der Waals surface area (Å²) in [5, 5.41) is 3.94. The molecule has 0 N–H and O–H groups in total. The highest BCUT2D eigenvalue weighted by Crippen LogP contribution is 2.12. The second kappa shape index (κ2) is 7.59. The van der Waals surface area contributed by atoms with Crippen molar-refractivity contribution >= 4 is 5.97 Å². The number of carbonyl (C=O) groups is 1. The third-order valence-electron chi connectivity index (χ3n) is 3.26. The van der Waals surface area contributed by atoms with Crippen LogP contribution in [0.3, 0.4) is 0 Å². The summed E-state index contributed by atoms with van der Waals surface area (Å²) < 4.78 is 9.67. The molecule has 0 aliphatic carbocycles. The van der Waals surface area contributed by atoms with Crippen LogP contribution in [0.1, 0.15) is 18.2 Å². The van der Waals surface area contributed by atoms with E-state index in [-0.39, 0.29) is 11.9 Å². The fourth-order valence-electron chi connectivity index (χ4n) is 2.24. The predicted octanol–water partition coefficient (Wildman–Crippen LogP) is 2.49. The number of aromatic nitrogens is 1. The quantitative estimate of drug-likeness (QED) is 0.733. The zero-order chi connectivity index (χ0) is 15.1. The first-order valence-electron chi connectivity index (χ1n) is 6.92. The van der Waals surface area contributed by atoms with E-state index in [4.69, 9.17) is 9.26 Å². The Hall–Kier alpha value is -2.14. The summed E-state index contributed by atoms with van der Waals surface area (Å²) in [5.74, 6) is -0.390. The van der Waals surface area contributed by atoms with E-state index >= 15 is 0 Å². The standard InChI is InChI=1S/C16H20N2O3/c1-13(16(19)20-2)10-18(12-15-8-9-21-17-15)11-14-6-4-3-5-7-14/h3-9,13H,10-12H2,1-2H3/t13-/m1/s1. The first-order valence-corrected chi connectivity index (χ1v) is 6.92. The number of esters is 1. The van der Waals surface area contributed by atoms with Gasteiger partial charge in [-0.25, -0.2) is 0 Å². The van der Waals surface area contributed by atoms with E-state index in [9.17, 15) is 4.79 Å². The predicted molar refractivity (Wildman–Crippen MR) is 78.2 cm³/mol. The summed E-state index contributed by atoms with van der Waals surface area (Å²) in [6.45, 7) is 3.85. The molecule has 0 aliphatic rings. The van der Waals surface area contributed by atoms with Crippen molar-refractivity contribution in [2.75, 3.05) is 13.7 Å². The number of ether oxygens (including phenoxy) is 1. The third-order valence-corrected chi connectivity index (χ3v) is 3.26. The van der Waals surface area contributed by atoms with Gasteiger partial charge in [0.1, 0.15) is 6.26 Å². The topological polar surface area (TPSA) is 55.6 Å². The second-order valence-corrected chi connectivity index (χ2v) is 5.07. The molecule has 0 bridgehead atoms. The van der Waals surface area contributed by atoms with Crippen LogP contribution in [-0.4, -0.2) is 29.7 Å². The highest BCUT2D eigenvalue weighted by Gasteiger charge is 2.18. The zero-order valence-corrected chi connectivity index (χ0v) is 12.4. The van der Waals surface area contributed by atoms with Crippen LogP contribution in [-0.2, 0) is 22.6 Å². The van der Waals surface area contributed by atoms with Crippen LogP contribution in [0.5, 0.6) is 0 Å². The van der Waals surface area contributed by atoms with Gasteiger partial charge < -0.3 is 9.26 Å². The molecule has 0 unspecified atom stereocenters. The van der Waals surface area contributed by atoms with Crippen LogP contribution in [0.4, 0.5) is 0 Å². The second-order valence-electron chi connectivity index (χ2n) is 5.07. The summed E-state index contributed by atoms with van der Waals surface area (Å²) in [4.78, 5) is 13.8. The molecule has 5 heteroatoms. The molecule has 0 amide bonds. The number of nitrogens with zero attached hydrogens (tertiary/aromatic N) is 2. The Morgan fingerprint density at radius 1 is 1.29 bits per heavy atom. The fraction of sp³-hybridized carbons (Fsp3) is 0.375. The molecule has 1 atom stereocenters. The van der Waals surface area contributed by atoms with Crippen molar-refractivity contribution in [3.63, 3.8) is 0 Å². The van der Waals surface area contributed by atoms with Crippen molar-refractivity contribution in [2.45, 2.75) is 20.0 Å². The molecular weight excluding hydrogens is 268 g/mol. The molecule has 0 radical (unpaired) electrons. The lowest BCUT2D eigenvalue weighted by Gasteiger charge is -2.23. The Bertz CT molecular complexity index is 540. The van der Waals surface area contributed by atoms with E-state index < -0.39 is 0 Å². The monoisotopic (exact) mass is 288 g/mol. The number of hydrogen-bond donors (Lipinski definition) is 0. The summed E-state index contributed by atoms with van der Waals surface area (Å²) in [7, 11) is 1.41. The number of benzene rings is 1. The molecule has 0 spiro atoms. The van der Waals surface area contributed by atoms with Crippen molar-refractivity contribution in [2.24, 2.45) is 5.92 Å². The van der Waals surface area contributed by atoms with Crippen molar-refractivity contribution in [3.05, 3.63) is 53.9 Å². The molecule has 0 fully saturated rings. The normalized spacial score (nSPS) is 12.3. The van der Waals surface area contributed by atoms with Gasteiger partial charge >= 0.3 is 5.97 Å². The molecule has 2 aromatic rings. The average Bonchev–Trinajstić information content (AvgIpc) is 3.00. The lowest BCUT2D eigenvalue weighted by Crippen LogP contribution is -2.31. The summed E-state index contributed by atoms with van der Waals surface area (Å²) in [5.41, 5.74) is 2.04. The van der Waals surface area contributed by atoms with Gasteiger partial charge in [-0.15, -0.1) is 0 Å². The van der Waals surface area contributed by atoms with Gasteiger partial charge in [0.2, 0.25) is 0 Å². The van der Waals surface area contributed by atoms with Gasteiger partial charge in [0, 0.05) is 25.7 Å². The maximum Gasteiger partial charge on any atom is 0.309 e. The Balaban J connectivity index is 2.04. The number of rotatable bonds is 7. The van der Waals surface area contributed by atoms with Gasteiger partial charge in [0.15, 0.2) is 0 Å². The van der Waals surface area contributed by atoms with Gasteiger partial charge in [-0.1, -0.05) is 42.4 Å². The molecule has 0 saturated carbocycles. The lowest BCUT2D eigenvalue weighted by molar-refractivity contribution is -0.145. The van der Waals surface area contributed by atoms with Crippen LogP contribution in [0, 0.1) is 5.92 Å². The SMILES string of the molecule is COC(=O)[C@H](C)CN(Cc1ccccc1)Cc1ccon1. The minimum atomic E-state index is -0.201. The Morgan fingerprint density at radius 2 is 2.05 bits per heavy atom. The maximum absolute atomic E-state index is 11.6. The first kappa shape index (κ1) is 15.3. The van der Waals surface area contributed by atoms with E-state index in [1.54, 1.807) is 6.26 Å². The van der Waals surface area contributed by atoms with Gasteiger partial charge in [0.05, 0.1) is 18.7 Å². The van der Waals surface area contributed by atoms with Gasteiger partial charge in [-0.05, 0) is 5.56 Å². The van der Waals surface area contributed by atoms with E-state index in [0.717, 1.165) is 12.2 Å². The molecule has 0 aliphatic heterocycles. The molecule has 2 rings (SSSR count). The highest BCUT2D eigenvalue weighted by molar-refractivity contribution is 5.72. The molecule has 5 nitrogen and oxygen atoms in total. The van der Waals surface area contributed by atoms with Gasteiger partial charge in [-0.2, -0.15) is 0 Å². The van der Waals surface area contributed by atoms with Gasteiger partial charge in [0.25, 0.3) is 0 Å². The zero-order valence-electron chi connectivity index (χ0n) is 12.4. The summed E-state index contributed by atoms with van der Waals surface area (Å²) in [6, 6.07) is 12.0. The Labute approximate surface area is 124 Å². The van der Waals surface area contributed by atoms with Crippen LogP contribution in [0.2, 0.25) is 0 Å². The van der Waals surface area contributed by atoms with Crippen molar-refractivity contribution in [3.8, 4) is 0 Å². The first-order chi connectivity index (χ1) is 10.2. The highest BCUT2D eigenvalue weighted by atomic mass is 16.5. The van der Waals surface area contributed by atoms with Crippen molar-refractivity contribution in [1.29, 1.82) is 0 Å². The van der Waals surface area contributed by atoms with Crippen LogP contribution >= 0.6 is 0 Å². The fourth-order valence-corrected chi connectivity index (χ4v) is 2.24. The molecule has 112 valence electrons. The van der Waals surface area contributed by atoms with E-state index in [1.807, 2.05) is 31.2 Å². The molecule has 1 aromatic carbocycles. The molecular formula is C16H20N2O3. The Morgan fingerprint density at radius 3 is 2.67 bits per heavy atom. The molecule has 21 heavy (non-hydrogen) atoms. The Kier molecular flexibility index (Phi) is 5.51. The largest absolute Gasteiger partial charge is 0.469 e.